The van der Waals surface area contributed by atoms with E-state index in [4.69, 9.17) is 10.0 Å². The standard InChI is InChI=1S/C7H6BNO2S/c10-8(11)7-3-5-4-9-2-1-6(5)12-7/h1-4,10-11H. The van der Waals surface area contributed by atoms with Crippen molar-refractivity contribution in [3.63, 3.8) is 0 Å². The molecule has 2 aromatic rings. The van der Waals surface area contributed by atoms with Gasteiger partial charge in [0, 0.05) is 27.3 Å². The van der Waals surface area contributed by atoms with Gasteiger partial charge in [-0.1, -0.05) is 0 Å². The fraction of sp³-hybridized carbons (Fsp3) is 0. The summed E-state index contributed by atoms with van der Waals surface area (Å²) < 4.78 is 1.58. The number of hydrogen-bond acceptors (Lipinski definition) is 4. The summed E-state index contributed by atoms with van der Waals surface area (Å²) in [5.41, 5.74) is 0. The molecule has 5 heteroatoms. The van der Waals surface area contributed by atoms with Gasteiger partial charge in [0.2, 0.25) is 0 Å². The van der Waals surface area contributed by atoms with Crippen molar-refractivity contribution in [3.05, 3.63) is 24.5 Å². The van der Waals surface area contributed by atoms with E-state index in [1.807, 2.05) is 6.07 Å². The second kappa shape index (κ2) is 2.86. The number of aromatic nitrogens is 1. The van der Waals surface area contributed by atoms with E-state index >= 15 is 0 Å². The zero-order valence-corrected chi connectivity index (χ0v) is 6.95. The summed E-state index contributed by atoms with van der Waals surface area (Å²) in [5, 5.41) is 18.7. The van der Waals surface area contributed by atoms with Crippen LogP contribution in [0.15, 0.2) is 24.5 Å². The van der Waals surface area contributed by atoms with Crippen molar-refractivity contribution >= 4 is 33.3 Å². The van der Waals surface area contributed by atoms with Crippen LogP contribution in [0.2, 0.25) is 0 Å². The number of thiophene rings is 1. The fourth-order valence-electron chi connectivity index (χ4n) is 1.03. The van der Waals surface area contributed by atoms with Crippen LogP contribution in [0.4, 0.5) is 0 Å². The molecule has 0 atom stereocenters. The molecule has 2 rings (SSSR count). The minimum Gasteiger partial charge on any atom is -0.423 e. The first-order chi connectivity index (χ1) is 5.77. The molecule has 0 aliphatic rings. The average Bonchev–Trinajstić information content (AvgIpc) is 2.46. The van der Waals surface area contributed by atoms with E-state index in [9.17, 15) is 0 Å². The minimum atomic E-state index is -1.37. The lowest BCUT2D eigenvalue weighted by Crippen LogP contribution is -2.26. The molecule has 0 spiro atoms. The summed E-state index contributed by atoms with van der Waals surface area (Å²) in [6.07, 6.45) is 3.39. The van der Waals surface area contributed by atoms with Crippen molar-refractivity contribution < 1.29 is 10.0 Å². The van der Waals surface area contributed by atoms with Crippen molar-refractivity contribution in [3.8, 4) is 0 Å². The van der Waals surface area contributed by atoms with E-state index in [1.165, 1.54) is 11.3 Å². The predicted molar refractivity (Wildman–Crippen MR) is 49.4 cm³/mol. The number of fused-ring (bicyclic) bond motifs is 1. The van der Waals surface area contributed by atoms with E-state index < -0.39 is 7.12 Å². The van der Waals surface area contributed by atoms with Crippen LogP contribution in [0, 0.1) is 0 Å². The van der Waals surface area contributed by atoms with Gasteiger partial charge >= 0.3 is 7.12 Å². The van der Waals surface area contributed by atoms with Crippen LogP contribution in [-0.2, 0) is 0 Å². The van der Waals surface area contributed by atoms with Gasteiger partial charge in [0.1, 0.15) is 0 Å². The molecular weight excluding hydrogens is 173 g/mol. The van der Waals surface area contributed by atoms with Crippen LogP contribution >= 0.6 is 11.3 Å². The molecule has 2 N–H and O–H groups in total. The first kappa shape index (κ1) is 7.73. The smallest absolute Gasteiger partial charge is 0.423 e. The van der Waals surface area contributed by atoms with E-state index in [0.29, 0.717) is 4.78 Å². The molecule has 0 amide bonds. The predicted octanol–water partition coefficient (Wildman–Crippen LogP) is -0.0239. The molecule has 0 saturated heterocycles. The lowest BCUT2D eigenvalue weighted by atomic mass is 9.89. The van der Waals surface area contributed by atoms with E-state index in [1.54, 1.807) is 18.5 Å². The van der Waals surface area contributed by atoms with E-state index in [0.717, 1.165) is 10.1 Å². The van der Waals surface area contributed by atoms with Crippen molar-refractivity contribution in [2.75, 3.05) is 0 Å². The van der Waals surface area contributed by atoms with Crippen LogP contribution < -0.4 is 4.78 Å². The van der Waals surface area contributed by atoms with Gasteiger partial charge in [-0.25, -0.2) is 0 Å². The maximum absolute atomic E-state index is 8.87. The topological polar surface area (TPSA) is 53.4 Å². The second-order valence-electron chi connectivity index (χ2n) is 2.44. The summed E-state index contributed by atoms with van der Waals surface area (Å²) in [4.78, 5) is 3.93. The Kier molecular flexibility index (Phi) is 1.84. The molecule has 12 heavy (non-hydrogen) atoms. The van der Waals surface area contributed by atoms with Gasteiger partial charge in [-0.3, -0.25) is 4.98 Å². The second-order valence-corrected chi connectivity index (χ2v) is 3.55. The van der Waals surface area contributed by atoms with Gasteiger partial charge < -0.3 is 10.0 Å². The summed E-state index contributed by atoms with van der Waals surface area (Å²) in [7, 11) is -1.37. The Labute approximate surface area is 73.5 Å². The molecule has 0 aromatic carbocycles. The molecule has 60 valence electrons. The highest BCUT2D eigenvalue weighted by atomic mass is 32.1. The molecule has 0 fully saturated rings. The lowest BCUT2D eigenvalue weighted by molar-refractivity contribution is 0.427. The monoisotopic (exact) mass is 179 g/mol. The Morgan fingerprint density at radius 2 is 2.25 bits per heavy atom. The van der Waals surface area contributed by atoms with Crippen LogP contribution in [0.1, 0.15) is 0 Å². The average molecular weight is 179 g/mol. The third-order valence-electron chi connectivity index (χ3n) is 1.59. The zero-order valence-electron chi connectivity index (χ0n) is 6.14. The highest BCUT2D eigenvalue weighted by molar-refractivity contribution is 7.27. The Bertz CT molecular complexity index is 368. The fourth-order valence-corrected chi connectivity index (χ4v) is 1.94. The molecular formula is C7H6BNO2S. The SMILES string of the molecule is OB(O)c1cc2cnccc2s1. The molecule has 0 saturated carbocycles. The van der Waals surface area contributed by atoms with E-state index in [2.05, 4.69) is 4.98 Å². The summed E-state index contributed by atoms with van der Waals surface area (Å²) in [6.45, 7) is 0. The molecule has 3 nitrogen and oxygen atoms in total. The first-order valence-corrected chi connectivity index (χ1v) is 4.28. The van der Waals surface area contributed by atoms with Crippen molar-refractivity contribution in [2.24, 2.45) is 0 Å². The summed E-state index contributed by atoms with van der Waals surface area (Å²) >= 11 is 1.37. The molecule has 0 unspecified atom stereocenters. The maximum Gasteiger partial charge on any atom is 0.499 e. The number of nitrogens with zero attached hydrogens (tertiary/aromatic N) is 1. The van der Waals surface area contributed by atoms with Gasteiger partial charge in [-0.15, -0.1) is 11.3 Å². The first-order valence-electron chi connectivity index (χ1n) is 3.47. The number of pyridine rings is 1. The Hall–Kier alpha value is -0.905. The Balaban J connectivity index is 2.62. The van der Waals surface area contributed by atoms with Crippen LogP contribution in [-0.4, -0.2) is 22.2 Å². The van der Waals surface area contributed by atoms with Crippen molar-refractivity contribution in [1.29, 1.82) is 0 Å². The molecule has 2 heterocycles. The maximum atomic E-state index is 8.87. The molecule has 0 aliphatic heterocycles. The van der Waals surface area contributed by atoms with Crippen LogP contribution in [0.5, 0.6) is 0 Å². The highest BCUT2D eigenvalue weighted by Crippen LogP contribution is 2.16. The van der Waals surface area contributed by atoms with Crippen molar-refractivity contribution in [2.45, 2.75) is 0 Å². The largest absolute Gasteiger partial charge is 0.499 e. The van der Waals surface area contributed by atoms with Gasteiger partial charge in [0.15, 0.2) is 0 Å². The zero-order chi connectivity index (χ0) is 8.55. The summed E-state index contributed by atoms with van der Waals surface area (Å²) in [6, 6.07) is 3.59. The van der Waals surface area contributed by atoms with Crippen molar-refractivity contribution in [1.82, 2.24) is 4.98 Å². The highest BCUT2D eigenvalue weighted by Gasteiger charge is 2.13. The molecule has 0 aliphatic carbocycles. The normalized spacial score (nSPS) is 10.5. The summed E-state index contributed by atoms with van der Waals surface area (Å²) in [5.74, 6) is 0. The van der Waals surface area contributed by atoms with Gasteiger partial charge in [-0.05, 0) is 12.1 Å². The lowest BCUT2D eigenvalue weighted by Gasteiger charge is -1.87. The van der Waals surface area contributed by atoms with Crippen LogP contribution in [0.25, 0.3) is 10.1 Å². The quantitative estimate of drug-likeness (QED) is 0.604. The third-order valence-corrected chi connectivity index (χ3v) is 2.75. The number of hydrogen-bond donors (Lipinski definition) is 2. The van der Waals surface area contributed by atoms with Gasteiger partial charge in [0.25, 0.3) is 0 Å². The minimum absolute atomic E-state index is 0.554. The Morgan fingerprint density at radius 1 is 1.42 bits per heavy atom. The molecule has 0 bridgehead atoms. The van der Waals surface area contributed by atoms with E-state index in [-0.39, 0.29) is 0 Å². The van der Waals surface area contributed by atoms with Gasteiger partial charge in [-0.2, -0.15) is 0 Å². The third kappa shape index (κ3) is 1.22. The Morgan fingerprint density at radius 3 is 2.92 bits per heavy atom. The molecule has 2 aromatic heterocycles. The molecule has 0 radical (unpaired) electrons. The number of rotatable bonds is 1. The van der Waals surface area contributed by atoms with Crippen LogP contribution in [0.3, 0.4) is 0 Å². The van der Waals surface area contributed by atoms with Gasteiger partial charge in [0.05, 0.1) is 0 Å².